The maximum atomic E-state index is 9.27. The van der Waals surface area contributed by atoms with Gasteiger partial charge < -0.3 is 15.0 Å². The van der Waals surface area contributed by atoms with E-state index in [0.29, 0.717) is 11.5 Å². The Hall–Kier alpha value is -2.70. The van der Waals surface area contributed by atoms with Crippen molar-refractivity contribution in [1.29, 1.82) is 0 Å². The first-order chi connectivity index (χ1) is 10.4. The molecule has 0 amide bonds. The van der Waals surface area contributed by atoms with E-state index in [1.54, 1.807) is 24.8 Å². The number of aromatic nitrogens is 3. The third kappa shape index (κ3) is 2.91. The average Bonchev–Trinajstić information content (AvgIpc) is 2.58. The van der Waals surface area contributed by atoms with Crippen LogP contribution in [-0.4, -0.2) is 57.1 Å². The molecule has 3 rings (SSSR count). The maximum absolute atomic E-state index is 9.27. The smallest absolute Gasteiger partial charge is 0.195 e. The zero-order valence-electron chi connectivity index (χ0n) is 11.5. The number of oxime groups is 1. The van der Waals surface area contributed by atoms with Gasteiger partial charge in [0.2, 0.25) is 0 Å². The van der Waals surface area contributed by atoms with Crippen LogP contribution in [0.1, 0.15) is 5.69 Å². The predicted octanol–water partition coefficient (Wildman–Crippen LogP) is 0.830. The minimum absolute atomic E-state index is 0.462. The van der Waals surface area contributed by atoms with Crippen LogP contribution in [0.25, 0.3) is 0 Å². The standard InChI is InChI=1S/C14H16N6O/c21-18-14(12-11-15-5-6-16-12)20-9-7-19(8-10-20)13-3-1-2-4-17-13/h1-6,11,21H,7-10H2/b18-14-. The van der Waals surface area contributed by atoms with Crippen LogP contribution in [0.2, 0.25) is 0 Å². The summed E-state index contributed by atoms with van der Waals surface area (Å²) in [4.78, 5) is 16.8. The van der Waals surface area contributed by atoms with Crippen LogP contribution in [-0.2, 0) is 0 Å². The largest absolute Gasteiger partial charge is 0.409 e. The monoisotopic (exact) mass is 284 g/mol. The van der Waals surface area contributed by atoms with Crippen molar-refractivity contribution in [1.82, 2.24) is 19.9 Å². The summed E-state index contributed by atoms with van der Waals surface area (Å²) in [6.45, 7) is 3.12. The van der Waals surface area contributed by atoms with E-state index >= 15 is 0 Å². The summed E-state index contributed by atoms with van der Waals surface area (Å²) in [5.41, 5.74) is 0.575. The van der Waals surface area contributed by atoms with Crippen molar-refractivity contribution in [2.24, 2.45) is 5.16 Å². The molecule has 1 N–H and O–H groups in total. The second kappa shape index (κ2) is 6.17. The van der Waals surface area contributed by atoms with Crippen LogP contribution in [0, 0.1) is 0 Å². The summed E-state index contributed by atoms with van der Waals surface area (Å²) >= 11 is 0. The molecule has 0 unspecified atom stereocenters. The molecule has 0 bridgehead atoms. The molecule has 0 radical (unpaired) electrons. The molecule has 0 spiro atoms. The molecule has 1 fully saturated rings. The summed E-state index contributed by atoms with van der Waals surface area (Å²) in [5, 5.41) is 12.7. The molecule has 0 saturated carbocycles. The van der Waals surface area contributed by atoms with Crippen LogP contribution in [0.4, 0.5) is 5.82 Å². The van der Waals surface area contributed by atoms with Gasteiger partial charge in [0.15, 0.2) is 5.84 Å². The molecule has 1 aliphatic heterocycles. The minimum atomic E-state index is 0.462. The Balaban J connectivity index is 1.68. The van der Waals surface area contributed by atoms with Gasteiger partial charge in [-0.3, -0.25) is 4.98 Å². The Morgan fingerprint density at radius 3 is 2.52 bits per heavy atom. The van der Waals surface area contributed by atoms with Gasteiger partial charge in [-0.1, -0.05) is 11.2 Å². The number of pyridine rings is 1. The highest BCUT2D eigenvalue weighted by molar-refractivity contribution is 5.96. The van der Waals surface area contributed by atoms with E-state index in [4.69, 9.17) is 0 Å². The summed E-state index contributed by atoms with van der Waals surface area (Å²) < 4.78 is 0. The van der Waals surface area contributed by atoms with Crippen molar-refractivity contribution in [2.75, 3.05) is 31.1 Å². The Morgan fingerprint density at radius 2 is 1.90 bits per heavy atom. The molecule has 1 aliphatic rings. The van der Waals surface area contributed by atoms with Gasteiger partial charge in [-0.25, -0.2) is 9.97 Å². The lowest BCUT2D eigenvalue weighted by Crippen LogP contribution is -2.49. The summed E-state index contributed by atoms with van der Waals surface area (Å²) in [5.74, 6) is 1.43. The average molecular weight is 284 g/mol. The summed E-state index contributed by atoms with van der Waals surface area (Å²) in [6.07, 6.45) is 6.57. The highest BCUT2D eigenvalue weighted by Crippen LogP contribution is 2.14. The van der Waals surface area contributed by atoms with Crippen LogP contribution in [0.5, 0.6) is 0 Å². The first kappa shape index (κ1) is 13.3. The summed E-state index contributed by atoms with van der Waals surface area (Å²) in [7, 11) is 0. The highest BCUT2D eigenvalue weighted by atomic mass is 16.4. The summed E-state index contributed by atoms with van der Waals surface area (Å²) in [6, 6.07) is 5.89. The second-order valence-corrected chi connectivity index (χ2v) is 4.68. The molecule has 2 aromatic rings. The van der Waals surface area contributed by atoms with Crippen LogP contribution in [0.15, 0.2) is 48.1 Å². The van der Waals surface area contributed by atoms with Gasteiger partial charge in [-0.05, 0) is 12.1 Å². The van der Waals surface area contributed by atoms with Crippen molar-refractivity contribution in [3.05, 3.63) is 48.7 Å². The van der Waals surface area contributed by atoms with Gasteiger partial charge in [0.1, 0.15) is 11.5 Å². The van der Waals surface area contributed by atoms with E-state index in [9.17, 15) is 5.21 Å². The normalized spacial score (nSPS) is 16.1. The third-order valence-corrected chi connectivity index (χ3v) is 3.44. The SMILES string of the molecule is O/N=C(/c1cnccn1)N1CCN(c2ccccn2)CC1. The lowest BCUT2D eigenvalue weighted by molar-refractivity contribution is 0.295. The second-order valence-electron chi connectivity index (χ2n) is 4.68. The molecule has 2 aromatic heterocycles. The Morgan fingerprint density at radius 1 is 1.05 bits per heavy atom. The fourth-order valence-corrected chi connectivity index (χ4v) is 2.38. The van der Waals surface area contributed by atoms with Crippen molar-refractivity contribution < 1.29 is 5.21 Å². The van der Waals surface area contributed by atoms with Crippen LogP contribution in [0.3, 0.4) is 0 Å². The lowest BCUT2D eigenvalue weighted by Gasteiger charge is -2.36. The molecule has 21 heavy (non-hydrogen) atoms. The number of hydrogen-bond acceptors (Lipinski definition) is 6. The molecule has 0 aromatic carbocycles. The lowest BCUT2D eigenvalue weighted by atomic mass is 10.2. The fraction of sp³-hybridized carbons (Fsp3) is 0.286. The molecule has 0 aliphatic carbocycles. The highest BCUT2D eigenvalue weighted by Gasteiger charge is 2.22. The number of anilines is 1. The van der Waals surface area contributed by atoms with E-state index in [0.717, 1.165) is 32.0 Å². The number of rotatable bonds is 2. The first-order valence-electron chi connectivity index (χ1n) is 6.78. The quantitative estimate of drug-likeness (QED) is 0.381. The van der Waals surface area contributed by atoms with Gasteiger partial charge in [0, 0.05) is 44.8 Å². The van der Waals surface area contributed by atoms with E-state index in [-0.39, 0.29) is 0 Å². The van der Waals surface area contributed by atoms with Gasteiger partial charge in [0.25, 0.3) is 0 Å². The van der Waals surface area contributed by atoms with E-state index in [1.165, 1.54) is 0 Å². The molecular formula is C14H16N6O. The molecule has 0 atom stereocenters. The van der Waals surface area contributed by atoms with E-state index in [1.807, 2.05) is 23.1 Å². The fourth-order valence-electron chi connectivity index (χ4n) is 2.38. The van der Waals surface area contributed by atoms with Crippen molar-refractivity contribution in [2.45, 2.75) is 0 Å². The third-order valence-electron chi connectivity index (χ3n) is 3.44. The molecule has 7 heteroatoms. The Kier molecular flexibility index (Phi) is 3.90. The number of nitrogens with zero attached hydrogens (tertiary/aromatic N) is 6. The van der Waals surface area contributed by atoms with E-state index < -0.39 is 0 Å². The topological polar surface area (TPSA) is 77.7 Å². The van der Waals surface area contributed by atoms with Crippen molar-refractivity contribution in [3.8, 4) is 0 Å². The maximum Gasteiger partial charge on any atom is 0.195 e. The number of hydrogen-bond donors (Lipinski definition) is 1. The van der Waals surface area contributed by atoms with Crippen molar-refractivity contribution >= 4 is 11.7 Å². The predicted molar refractivity (Wildman–Crippen MR) is 78.4 cm³/mol. The molecule has 7 nitrogen and oxygen atoms in total. The van der Waals surface area contributed by atoms with E-state index in [2.05, 4.69) is 25.0 Å². The van der Waals surface area contributed by atoms with Gasteiger partial charge in [-0.2, -0.15) is 0 Å². The number of amidine groups is 1. The van der Waals surface area contributed by atoms with Crippen LogP contribution >= 0.6 is 0 Å². The minimum Gasteiger partial charge on any atom is -0.409 e. The van der Waals surface area contributed by atoms with Gasteiger partial charge >= 0.3 is 0 Å². The van der Waals surface area contributed by atoms with Gasteiger partial charge in [-0.15, -0.1) is 0 Å². The molecule has 1 saturated heterocycles. The molecular weight excluding hydrogens is 268 g/mol. The van der Waals surface area contributed by atoms with Crippen molar-refractivity contribution in [3.63, 3.8) is 0 Å². The van der Waals surface area contributed by atoms with Crippen LogP contribution < -0.4 is 4.90 Å². The zero-order valence-corrected chi connectivity index (χ0v) is 11.5. The first-order valence-corrected chi connectivity index (χ1v) is 6.78. The zero-order chi connectivity index (χ0) is 14.5. The van der Waals surface area contributed by atoms with Gasteiger partial charge in [0.05, 0.1) is 6.20 Å². The molecule has 3 heterocycles. The Labute approximate surface area is 122 Å². The Bertz CT molecular complexity index is 595. The number of piperazine rings is 1. The molecule has 108 valence electrons.